The van der Waals surface area contributed by atoms with E-state index in [1.807, 2.05) is 42.1 Å². The van der Waals surface area contributed by atoms with Crippen molar-refractivity contribution in [3.05, 3.63) is 54.6 Å². The van der Waals surface area contributed by atoms with Crippen molar-refractivity contribution < 1.29 is 9.47 Å². The summed E-state index contributed by atoms with van der Waals surface area (Å²) in [5.74, 6) is 1.73. The molecule has 27 heavy (non-hydrogen) atoms. The first-order valence-corrected chi connectivity index (χ1v) is 9.73. The zero-order valence-corrected chi connectivity index (χ0v) is 16.4. The zero-order valence-electron chi connectivity index (χ0n) is 16.4. The summed E-state index contributed by atoms with van der Waals surface area (Å²) in [6.45, 7) is 5.69. The van der Waals surface area contributed by atoms with Gasteiger partial charge in [-0.25, -0.2) is 0 Å². The number of aryl methyl sites for hydroxylation is 1. The number of benzene rings is 2. The molecule has 0 radical (unpaired) electrons. The Morgan fingerprint density at radius 1 is 0.815 bits per heavy atom. The second-order valence-corrected chi connectivity index (χ2v) is 6.59. The third kappa shape index (κ3) is 4.51. The third-order valence-electron chi connectivity index (χ3n) is 4.40. The van der Waals surface area contributed by atoms with E-state index in [0.717, 1.165) is 59.9 Å². The van der Waals surface area contributed by atoms with Crippen molar-refractivity contribution in [2.75, 3.05) is 13.2 Å². The van der Waals surface area contributed by atoms with E-state index in [1.165, 1.54) is 0 Å². The highest BCUT2D eigenvalue weighted by Crippen LogP contribution is 2.39. The van der Waals surface area contributed by atoms with E-state index in [-0.39, 0.29) is 0 Å². The van der Waals surface area contributed by atoms with Crippen LogP contribution < -0.4 is 9.47 Å². The van der Waals surface area contributed by atoms with Crippen LogP contribution in [0.2, 0.25) is 0 Å². The molecule has 0 spiro atoms. The molecule has 4 heteroatoms. The molecule has 0 aliphatic carbocycles. The molecule has 142 valence electrons. The Hall–Kier alpha value is -2.75. The van der Waals surface area contributed by atoms with Gasteiger partial charge in [-0.3, -0.25) is 4.68 Å². The van der Waals surface area contributed by atoms with Gasteiger partial charge in [-0.2, -0.15) is 5.10 Å². The maximum absolute atomic E-state index is 6.14. The van der Waals surface area contributed by atoms with Gasteiger partial charge in [0.15, 0.2) is 5.75 Å². The predicted octanol–water partition coefficient (Wildman–Crippen LogP) is 5.72. The van der Waals surface area contributed by atoms with Crippen LogP contribution in [0.4, 0.5) is 0 Å². The van der Waals surface area contributed by atoms with Crippen LogP contribution in [-0.2, 0) is 7.05 Å². The number of rotatable bonds is 9. The lowest BCUT2D eigenvalue weighted by atomic mass is 10.1. The summed E-state index contributed by atoms with van der Waals surface area (Å²) in [6.07, 6.45) is 3.15. The Bertz CT molecular complexity index is 839. The topological polar surface area (TPSA) is 36.3 Å². The average Bonchev–Trinajstić information content (AvgIpc) is 3.04. The molecule has 0 unspecified atom stereocenters. The van der Waals surface area contributed by atoms with Crippen LogP contribution in [0.25, 0.3) is 22.5 Å². The summed E-state index contributed by atoms with van der Waals surface area (Å²) in [4.78, 5) is 0. The molecule has 2 aromatic carbocycles. The van der Waals surface area contributed by atoms with Gasteiger partial charge in [0.25, 0.3) is 0 Å². The van der Waals surface area contributed by atoms with E-state index in [2.05, 4.69) is 38.1 Å². The van der Waals surface area contributed by atoms with E-state index in [9.17, 15) is 0 Å². The van der Waals surface area contributed by atoms with Gasteiger partial charge in [0.2, 0.25) is 0 Å². The van der Waals surface area contributed by atoms with Crippen molar-refractivity contribution in [2.45, 2.75) is 33.1 Å². The molecule has 0 aliphatic rings. The number of nitrogens with zero attached hydrogens (tertiary/aromatic N) is 2. The second-order valence-electron chi connectivity index (χ2n) is 6.59. The summed E-state index contributed by atoms with van der Waals surface area (Å²) in [5, 5.41) is 4.77. The van der Waals surface area contributed by atoms with Crippen molar-refractivity contribution >= 4 is 0 Å². The molecular formula is C23H28N2O2. The molecule has 1 heterocycles. The fraction of sp³-hybridized carbons (Fsp3) is 0.348. The summed E-state index contributed by atoms with van der Waals surface area (Å²) in [5.41, 5.74) is 4.00. The van der Waals surface area contributed by atoms with E-state index < -0.39 is 0 Å². The van der Waals surface area contributed by atoms with Crippen molar-refractivity contribution in [2.24, 2.45) is 7.05 Å². The normalized spacial score (nSPS) is 10.8. The van der Waals surface area contributed by atoms with E-state index in [0.29, 0.717) is 6.61 Å². The largest absolute Gasteiger partial charge is 0.494 e. The van der Waals surface area contributed by atoms with Gasteiger partial charge in [-0.05, 0) is 37.1 Å². The molecule has 0 fully saturated rings. The van der Waals surface area contributed by atoms with Crippen LogP contribution >= 0.6 is 0 Å². The number of ether oxygens (including phenoxy) is 2. The lowest BCUT2D eigenvalue weighted by Gasteiger charge is -2.10. The van der Waals surface area contributed by atoms with Crippen molar-refractivity contribution in [3.63, 3.8) is 0 Å². The molecule has 0 saturated carbocycles. The van der Waals surface area contributed by atoms with E-state index >= 15 is 0 Å². The van der Waals surface area contributed by atoms with E-state index in [1.54, 1.807) is 0 Å². The lowest BCUT2D eigenvalue weighted by Crippen LogP contribution is -1.98. The molecule has 0 N–H and O–H groups in total. The molecule has 0 bridgehead atoms. The van der Waals surface area contributed by atoms with Crippen molar-refractivity contribution in [1.29, 1.82) is 0 Å². The SMILES string of the molecule is CCCCOc1ccc(-c2nn(C)c(-c3ccccc3)c2OCCC)cc1. The van der Waals surface area contributed by atoms with Crippen molar-refractivity contribution in [1.82, 2.24) is 9.78 Å². The summed E-state index contributed by atoms with van der Waals surface area (Å²) in [6, 6.07) is 18.4. The van der Waals surface area contributed by atoms with Crippen LogP contribution in [0.5, 0.6) is 11.5 Å². The number of unbranched alkanes of at least 4 members (excludes halogenated alkanes) is 1. The minimum Gasteiger partial charge on any atom is -0.494 e. The zero-order chi connectivity index (χ0) is 19.1. The minimum absolute atomic E-state index is 0.663. The highest BCUT2D eigenvalue weighted by Gasteiger charge is 2.20. The average molecular weight is 364 g/mol. The highest BCUT2D eigenvalue weighted by atomic mass is 16.5. The van der Waals surface area contributed by atoms with Crippen LogP contribution in [-0.4, -0.2) is 23.0 Å². The second kappa shape index (κ2) is 9.26. The molecule has 3 aromatic rings. The maximum atomic E-state index is 6.14. The fourth-order valence-corrected chi connectivity index (χ4v) is 2.99. The monoisotopic (exact) mass is 364 g/mol. The van der Waals surface area contributed by atoms with Crippen LogP contribution in [0.15, 0.2) is 54.6 Å². The number of hydrogen-bond acceptors (Lipinski definition) is 3. The third-order valence-corrected chi connectivity index (χ3v) is 4.40. The van der Waals surface area contributed by atoms with Gasteiger partial charge < -0.3 is 9.47 Å². The van der Waals surface area contributed by atoms with Crippen LogP contribution in [0.1, 0.15) is 33.1 Å². The molecule has 4 nitrogen and oxygen atoms in total. The Kier molecular flexibility index (Phi) is 6.53. The number of aromatic nitrogens is 2. The number of hydrogen-bond donors (Lipinski definition) is 0. The minimum atomic E-state index is 0.663. The first-order chi connectivity index (χ1) is 13.2. The summed E-state index contributed by atoms with van der Waals surface area (Å²) >= 11 is 0. The van der Waals surface area contributed by atoms with Gasteiger partial charge in [0, 0.05) is 18.2 Å². The van der Waals surface area contributed by atoms with Gasteiger partial charge in [0.05, 0.1) is 13.2 Å². The van der Waals surface area contributed by atoms with Gasteiger partial charge in [-0.15, -0.1) is 0 Å². The molecule has 1 aromatic heterocycles. The van der Waals surface area contributed by atoms with E-state index in [4.69, 9.17) is 14.6 Å². The standard InChI is InChI=1S/C23H28N2O2/c1-4-6-17-26-20-14-12-18(13-15-20)21-23(27-16-5-2)22(25(3)24-21)19-10-8-7-9-11-19/h7-15H,4-6,16-17H2,1-3H3. The summed E-state index contributed by atoms with van der Waals surface area (Å²) in [7, 11) is 1.97. The maximum Gasteiger partial charge on any atom is 0.173 e. The van der Waals surface area contributed by atoms with Gasteiger partial charge in [-0.1, -0.05) is 50.6 Å². The first-order valence-electron chi connectivity index (χ1n) is 9.73. The van der Waals surface area contributed by atoms with Gasteiger partial charge >= 0.3 is 0 Å². The van der Waals surface area contributed by atoms with Gasteiger partial charge in [0.1, 0.15) is 17.1 Å². The van der Waals surface area contributed by atoms with Crippen molar-refractivity contribution in [3.8, 4) is 34.0 Å². The fourth-order valence-electron chi connectivity index (χ4n) is 2.99. The summed E-state index contributed by atoms with van der Waals surface area (Å²) < 4.78 is 13.8. The lowest BCUT2D eigenvalue weighted by molar-refractivity contribution is 0.309. The molecule has 0 saturated heterocycles. The quantitative estimate of drug-likeness (QED) is 0.456. The molecule has 0 atom stereocenters. The molecule has 0 amide bonds. The van der Waals surface area contributed by atoms with Crippen LogP contribution in [0, 0.1) is 0 Å². The van der Waals surface area contributed by atoms with Crippen LogP contribution in [0.3, 0.4) is 0 Å². The Balaban J connectivity index is 1.95. The molecule has 3 rings (SSSR count). The Labute approximate surface area is 161 Å². The Morgan fingerprint density at radius 3 is 2.22 bits per heavy atom. The first kappa shape index (κ1) is 19.0. The smallest absolute Gasteiger partial charge is 0.173 e. The predicted molar refractivity (Wildman–Crippen MR) is 110 cm³/mol. The Morgan fingerprint density at radius 2 is 1.56 bits per heavy atom. The highest BCUT2D eigenvalue weighted by molar-refractivity contribution is 5.78. The molecular weight excluding hydrogens is 336 g/mol. The molecule has 0 aliphatic heterocycles.